The average molecular weight is 266 g/mol. The van der Waals surface area contributed by atoms with E-state index >= 15 is 0 Å². The van der Waals surface area contributed by atoms with E-state index in [9.17, 15) is 4.79 Å². The van der Waals surface area contributed by atoms with E-state index in [1.807, 2.05) is 29.2 Å². The van der Waals surface area contributed by atoms with E-state index in [1.165, 1.54) is 0 Å². The molecular formula is C14H16ClNO2. The highest BCUT2D eigenvalue weighted by Crippen LogP contribution is 2.29. The van der Waals surface area contributed by atoms with Gasteiger partial charge in [0.2, 0.25) is 5.91 Å². The van der Waals surface area contributed by atoms with Crippen molar-refractivity contribution in [1.29, 1.82) is 0 Å². The fourth-order valence-electron chi connectivity index (χ4n) is 2.81. The third-order valence-electron chi connectivity index (χ3n) is 3.89. The third-order valence-corrected chi connectivity index (χ3v) is 4.26. The molecule has 2 fully saturated rings. The summed E-state index contributed by atoms with van der Waals surface area (Å²) in [5, 5.41) is 0.675. The lowest BCUT2D eigenvalue weighted by Crippen LogP contribution is -2.31. The highest BCUT2D eigenvalue weighted by atomic mass is 35.5. The predicted octanol–water partition coefficient (Wildman–Crippen LogP) is 1.99. The zero-order valence-electron chi connectivity index (χ0n) is 10.1. The van der Waals surface area contributed by atoms with Crippen LogP contribution in [0.25, 0.3) is 0 Å². The second-order valence-corrected chi connectivity index (χ2v) is 5.53. The van der Waals surface area contributed by atoms with Crippen LogP contribution >= 0.6 is 11.6 Å². The summed E-state index contributed by atoms with van der Waals surface area (Å²) in [7, 11) is 0. The molecular weight excluding hydrogens is 250 g/mol. The molecule has 2 saturated heterocycles. The molecule has 0 bridgehead atoms. The van der Waals surface area contributed by atoms with Gasteiger partial charge in [-0.15, -0.1) is 0 Å². The maximum Gasteiger partial charge on any atom is 0.227 e. The minimum atomic E-state index is 0.178. The molecule has 1 aromatic carbocycles. The first-order chi connectivity index (χ1) is 8.74. The fraction of sp³-hybridized carbons (Fsp3) is 0.500. The van der Waals surface area contributed by atoms with Gasteiger partial charge in [-0.3, -0.25) is 4.79 Å². The van der Waals surface area contributed by atoms with Gasteiger partial charge in [0, 0.05) is 29.9 Å². The number of hydrogen-bond donors (Lipinski definition) is 0. The Morgan fingerprint density at radius 3 is 2.61 bits per heavy atom. The molecule has 0 N–H and O–H groups in total. The summed E-state index contributed by atoms with van der Waals surface area (Å²) in [6.45, 7) is 3.29. The number of likely N-dealkylation sites (tertiary alicyclic amines) is 1. The highest BCUT2D eigenvalue weighted by Gasteiger charge is 2.38. The molecule has 96 valence electrons. The molecule has 0 aliphatic carbocycles. The molecule has 18 heavy (non-hydrogen) atoms. The zero-order valence-corrected chi connectivity index (χ0v) is 10.9. The van der Waals surface area contributed by atoms with E-state index in [-0.39, 0.29) is 5.91 Å². The van der Waals surface area contributed by atoms with Gasteiger partial charge in [-0.1, -0.05) is 29.8 Å². The number of halogens is 1. The number of fused-ring (bicyclic) bond motifs is 1. The minimum Gasteiger partial charge on any atom is -0.381 e. The highest BCUT2D eigenvalue weighted by molar-refractivity contribution is 6.31. The van der Waals surface area contributed by atoms with Crippen molar-refractivity contribution >= 4 is 17.5 Å². The van der Waals surface area contributed by atoms with E-state index in [2.05, 4.69) is 0 Å². The number of carbonyl (C=O) groups is 1. The Balaban J connectivity index is 1.64. The average Bonchev–Trinajstić information content (AvgIpc) is 2.92. The van der Waals surface area contributed by atoms with Crippen LogP contribution in [0.4, 0.5) is 0 Å². The van der Waals surface area contributed by atoms with E-state index in [1.54, 1.807) is 0 Å². The molecule has 3 nitrogen and oxygen atoms in total. The first-order valence-electron chi connectivity index (χ1n) is 6.33. The summed E-state index contributed by atoms with van der Waals surface area (Å²) in [4.78, 5) is 14.2. The number of rotatable bonds is 2. The van der Waals surface area contributed by atoms with Gasteiger partial charge in [0.15, 0.2) is 0 Å². The summed E-state index contributed by atoms with van der Waals surface area (Å²) in [5.41, 5.74) is 0.914. The normalized spacial score (nSPS) is 26.4. The van der Waals surface area contributed by atoms with Crippen LogP contribution in [-0.4, -0.2) is 37.1 Å². The first kappa shape index (κ1) is 12.0. The SMILES string of the molecule is O=C(Cc1ccccc1Cl)N1CC2COCC2C1. The van der Waals surface area contributed by atoms with Gasteiger partial charge in [0.05, 0.1) is 19.6 Å². The summed E-state index contributed by atoms with van der Waals surface area (Å²) < 4.78 is 5.42. The molecule has 1 aromatic rings. The Morgan fingerprint density at radius 2 is 1.94 bits per heavy atom. The van der Waals surface area contributed by atoms with Crippen molar-refractivity contribution in [2.45, 2.75) is 6.42 Å². The van der Waals surface area contributed by atoms with Crippen LogP contribution in [0.5, 0.6) is 0 Å². The lowest BCUT2D eigenvalue weighted by Gasteiger charge is -2.17. The van der Waals surface area contributed by atoms with Crippen LogP contribution in [0.1, 0.15) is 5.56 Å². The summed E-state index contributed by atoms with van der Waals surface area (Å²) >= 11 is 6.08. The maximum absolute atomic E-state index is 12.2. The molecule has 3 rings (SSSR count). The number of hydrogen-bond acceptors (Lipinski definition) is 2. The minimum absolute atomic E-state index is 0.178. The van der Waals surface area contributed by atoms with Crippen molar-refractivity contribution in [3.63, 3.8) is 0 Å². The molecule has 2 heterocycles. The van der Waals surface area contributed by atoms with Gasteiger partial charge in [0.1, 0.15) is 0 Å². The van der Waals surface area contributed by atoms with E-state index < -0.39 is 0 Å². The van der Waals surface area contributed by atoms with E-state index in [0.29, 0.717) is 23.3 Å². The summed E-state index contributed by atoms with van der Waals surface area (Å²) in [6, 6.07) is 7.55. The fourth-order valence-corrected chi connectivity index (χ4v) is 3.01. The third kappa shape index (κ3) is 2.25. The van der Waals surface area contributed by atoms with Crippen molar-refractivity contribution in [3.05, 3.63) is 34.9 Å². The van der Waals surface area contributed by atoms with Crippen molar-refractivity contribution in [1.82, 2.24) is 4.90 Å². The van der Waals surface area contributed by atoms with Gasteiger partial charge in [-0.05, 0) is 11.6 Å². The zero-order chi connectivity index (χ0) is 12.5. The Kier molecular flexibility index (Phi) is 3.27. The molecule has 1 amide bonds. The van der Waals surface area contributed by atoms with Crippen LogP contribution in [-0.2, 0) is 16.0 Å². The Bertz CT molecular complexity index is 451. The number of benzene rings is 1. The molecule has 2 atom stereocenters. The van der Waals surface area contributed by atoms with Crippen molar-refractivity contribution < 1.29 is 9.53 Å². The van der Waals surface area contributed by atoms with Crippen LogP contribution in [0.15, 0.2) is 24.3 Å². The molecule has 0 saturated carbocycles. The second-order valence-electron chi connectivity index (χ2n) is 5.12. The Labute approximate surface area is 112 Å². The van der Waals surface area contributed by atoms with Crippen LogP contribution in [0, 0.1) is 11.8 Å². The molecule has 2 aliphatic rings. The molecule has 0 spiro atoms. The summed E-state index contributed by atoms with van der Waals surface area (Å²) in [6.07, 6.45) is 0.403. The Hall–Kier alpha value is -1.06. The standard InChI is InChI=1S/C14H16ClNO2/c15-13-4-2-1-3-10(13)5-14(17)16-6-11-8-18-9-12(11)7-16/h1-4,11-12H,5-9H2. The van der Waals surface area contributed by atoms with Gasteiger partial charge in [-0.2, -0.15) is 0 Å². The molecule has 2 aliphatic heterocycles. The molecule has 2 unspecified atom stereocenters. The van der Waals surface area contributed by atoms with Crippen molar-refractivity contribution in [3.8, 4) is 0 Å². The lowest BCUT2D eigenvalue weighted by molar-refractivity contribution is -0.129. The quantitative estimate of drug-likeness (QED) is 0.818. The molecule has 0 aromatic heterocycles. The lowest BCUT2D eigenvalue weighted by atomic mass is 10.0. The van der Waals surface area contributed by atoms with Crippen molar-refractivity contribution in [2.75, 3.05) is 26.3 Å². The van der Waals surface area contributed by atoms with E-state index in [0.717, 1.165) is 31.9 Å². The predicted molar refractivity (Wildman–Crippen MR) is 69.5 cm³/mol. The number of carbonyl (C=O) groups excluding carboxylic acids is 1. The van der Waals surface area contributed by atoms with Crippen LogP contribution in [0.2, 0.25) is 5.02 Å². The maximum atomic E-state index is 12.2. The number of amides is 1. The van der Waals surface area contributed by atoms with Crippen molar-refractivity contribution in [2.24, 2.45) is 11.8 Å². The summed E-state index contributed by atoms with van der Waals surface area (Å²) in [5.74, 6) is 1.26. The first-order valence-corrected chi connectivity index (χ1v) is 6.71. The van der Waals surface area contributed by atoms with Crippen LogP contribution in [0.3, 0.4) is 0 Å². The smallest absolute Gasteiger partial charge is 0.227 e. The largest absolute Gasteiger partial charge is 0.381 e. The topological polar surface area (TPSA) is 29.5 Å². The van der Waals surface area contributed by atoms with Gasteiger partial charge < -0.3 is 9.64 Å². The van der Waals surface area contributed by atoms with Gasteiger partial charge in [0.25, 0.3) is 0 Å². The van der Waals surface area contributed by atoms with E-state index in [4.69, 9.17) is 16.3 Å². The monoisotopic (exact) mass is 265 g/mol. The molecule has 0 radical (unpaired) electrons. The molecule has 4 heteroatoms. The van der Waals surface area contributed by atoms with Crippen LogP contribution < -0.4 is 0 Å². The number of ether oxygens (including phenoxy) is 1. The van der Waals surface area contributed by atoms with Gasteiger partial charge >= 0.3 is 0 Å². The Morgan fingerprint density at radius 1 is 1.28 bits per heavy atom. The second kappa shape index (κ2) is 4.90. The van der Waals surface area contributed by atoms with Gasteiger partial charge in [-0.25, -0.2) is 0 Å². The number of nitrogens with zero attached hydrogens (tertiary/aromatic N) is 1.